The van der Waals surface area contributed by atoms with Crippen molar-refractivity contribution >= 4 is 29.3 Å². The van der Waals surface area contributed by atoms with E-state index in [1.807, 2.05) is 0 Å². The largest absolute Gasteiger partial charge is 0.465 e. The molecule has 6 nitrogen and oxygen atoms in total. The van der Waals surface area contributed by atoms with Crippen LogP contribution in [0, 0.1) is 11.7 Å². The number of carbonyl (C=O) groups excluding carboxylic acids is 2. The number of pyridine rings is 1. The van der Waals surface area contributed by atoms with E-state index in [1.165, 1.54) is 18.2 Å². The molecular weight excluding hydrogens is 373 g/mol. The molecule has 0 spiro atoms. The van der Waals surface area contributed by atoms with Crippen LogP contribution in [0.4, 0.5) is 4.39 Å². The highest BCUT2D eigenvalue weighted by atomic mass is 35.5. The van der Waals surface area contributed by atoms with Gasteiger partial charge >= 0.3 is 5.97 Å². The quantitative estimate of drug-likeness (QED) is 0.644. The van der Waals surface area contributed by atoms with Gasteiger partial charge in [0, 0.05) is 6.20 Å². The Labute approximate surface area is 160 Å². The number of nitrogens with zero attached hydrogens (tertiary/aromatic N) is 2. The number of rotatable bonds is 4. The maximum absolute atomic E-state index is 13.6. The summed E-state index contributed by atoms with van der Waals surface area (Å²) in [5.74, 6) is -2.95. The lowest BCUT2D eigenvalue weighted by molar-refractivity contribution is -0.155. The van der Waals surface area contributed by atoms with Gasteiger partial charge in [0.05, 0.1) is 11.6 Å². The van der Waals surface area contributed by atoms with Crippen LogP contribution in [0.2, 0.25) is 5.02 Å². The summed E-state index contributed by atoms with van der Waals surface area (Å²) in [5.41, 5.74) is -0.499. The lowest BCUT2D eigenvalue weighted by atomic mass is 9.78. The van der Waals surface area contributed by atoms with Crippen LogP contribution in [0.25, 0.3) is 0 Å². The highest BCUT2D eigenvalue weighted by molar-refractivity contribution is 6.30. The van der Waals surface area contributed by atoms with Crippen molar-refractivity contribution in [1.29, 1.82) is 0 Å². The van der Waals surface area contributed by atoms with Gasteiger partial charge in [-0.1, -0.05) is 23.7 Å². The van der Waals surface area contributed by atoms with Gasteiger partial charge in [0.15, 0.2) is 11.8 Å². The standard InChI is InChI=1S/C19H17ClFN3O3/c1-3-27-18(26)15-17(25)23-16(14-6-4-5-9-22-14)24-19(15,2)11-7-8-13(21)12(20)10-11/h4-10,15H,3H2,1-2H3,(H,23,24,25). The van der Waals surface area contributed by atoms with Crippen molar-refractivity contribution in [3.05, 3.63) is 64.7 Å². The number of nitrogens with one attached hydrogen (secondary N) is 1. The number of amidine groups is 1. The van der Waals surface area contributed by atoms with E-state index < -0.39 is 29.2 Å². The summed E-state index contributed by atoms with van der Waals surface area (Å²) in [6.45, 7) is 3.37. The molecule has 0 aliphatic carbocycles. The Balaban J connectivity index is 2.18. The van der Waals surface area contributed by atoms with Crippen molar-refractivity contribution in [2.45, 2.75) is 19.4 Å². The molecular formula is C19H17ClFN3O3. The summed E-state index contributed by atoms with van der Waals surface area (Å²) in [6, 6.07) is 9.15. The Morgan fingerprint density at radius 2 is 2.15 bits per heavy atom. The molecule has 1 aromatic heterocycles. The lowest BCUT2D eigenvalue weighted by Crippen LogP contribution is -2.54. The molecule has 140 valence electrons. The second kappa shape index (κ2) is 7.44. The van der Waals surface area contributed by atoms with E-state index >= 15 is 0 Å². The van der Waals surface area contributed by atoms with Crippen LogP contribution in [0.1, 0.15) is 25.1 Å². The third-order valence-electron chi connectivity index (χ3n) is 4.34. The molecule has 1 aromatic carbocycles. The molecule has 1 aliphatic heterocycles. The number of esters is 1. The zero-order valence-electron chi connectivity index (χ0n) is 14.7. The minimum Gasteiger partial charge on any atom is -0.465 e. The molecule has 0 bridgehead atoms. The van der Waals surface area contributed by atoms with E-state index in [0.717, 1.165) is 0 Å². The zero-order valence-corrected chi connectivity index (χ0v) is 15.5. The number of amides is 1. The lowest BCUT2D eigenvalue weighted by Gasteiger charge is -2.36. The predicted octanol–water partition coefficient (Wildman–Crippen LogP) is 2.85. The fraction of sp³-hybridized carbons (Fsp3) is 0.263. The predicted molar refractivity (Wildman–Crippen MR) is 97.8 cm³/mol. The van der Waals surface area contributed by atoms with Crippen LogP contribution in [-0.4, -0.2) is 29.3 Å². The molecule has 3 rings (SSSR count). The first-order chi connectivity index (χ1) is 12.9. The van der Waals surface area contributed by atoms with Crippen LogP contribution in [0.3, 0.4) is 0 Å². The molecule has 2 aromatic rings. The summed E-state index contributed by atoms with van der Waals surface area (Å²) < 4.78 is 18.7. The molecule has 1 amide bonds. The van der Waals surface area contributed by atoms with E-state index in [2.05, 4.69) is 15.3 Å². The van der Waals surface area contributed by atoms with Crippen LogP contribution >= 0.6 is 11.6 Å². The van der Waals surface area contributed by atoms with E-state index in [0.29, 0.717) is 11.3 Å². The maximum Gasteiger partial charge on any atom is 0.321 e. The third kappa shape index (κ3) is 3.55. The smallest absolute Gasteiger partial charge is 0.321 e. The first kappa shape index (κ1) is 19.0. The minimum absolute atomic E-state index is 0.111. The second-order valence-corrected chi connectivity index (χ2v) is 6.53. The summed E-state index contributed by atoms with van der Waals surface area (Å²) in [7, 11) is 0. The first-order valence-corrected chi connectivity index (χ1v) is 8.69. The van der Waals surface area contributed by atoms with Crippen LogP contribution in [0.15, 0.2) is 47.6 Å². The van der Waals surface area contributed by atoms with Gasteiger partial charge in [-0.3, -0.25) is 19.6 Å². The van der Waals surface area contributed by atoms with Crippen molar-refractivity contribution in [3.8, 4) is 0 Å². The highest BCUT2D eigenvalue weighted by Crippen LogP contribution is 2.39. The van der Waals surface area contributed by atoms with Crippen LogP contribution < -0.4 is 5.32 Å². The van der Waals surface area contributed by atoms with Gasteiger partial charge < -0.3 is 10.1 Å². The molecule has 0 saturated carbocycles. The molecule has 2 heterocycles. The number of benzene rings is 1. The average molecular weight is 390 g/mol. The Morgan fingerprint density at radius 1 is 1.37 bits per heavy atom. The Morgan fingerprint density at radius 3 is 2.78 bits per heavy atom. The van der Waals surface area contributed by atoms with Crippen LogP contribution in [0.5, 0.6) is 0 Å². The molecule has 2 atom stereocenters. The molecule has 0 saturated heterocycles. The summed E-state index contributed by atoms with van der Waals surface area (Å²) in [6.07, 6.45) is 1.56. The van der Waals surface area contributed by atoms with Gasteiger partial charge in [0.1, 0.15) is 17.1 Å². The zero-order chi connectivity index (χ0) is 19.6. The van der Waals surface area contributed by atoms with Gasteiger partial charge in [0.25, 0.3) is 0 Å². The van der Waals surface area contributed by atoms with Gasteiger partial charge in [-0.25, -0.2) is 4.39 Å². The number of hydrogen-bond donors (Lipinski definition) is 1. The van der Waals surface area contributed by atoms with Crippen molar-refractivity contribution in [2.24, 2.45) is 10.9 Å². The highest BCUT2D eigenvalue weighted by Gasteiger charge is 2.50. The Kier molecular flexibility index (Phi) is 5.23. The number of aliphatic imine (C=N–C) groups is 1. The number of ether oxygens (including phenoxy) is 1. The monoisotopic (exact) mass is 389 g/mol. The van der Waals surface area contributed by atoms with Crippen molar-refractivity contribution in [2.75, 3.05) is 6.61 Å². The van der Waals surface area contributed by atoms with Gasteiger partial charge in [-0.2, -0.15) is 0 Å². The number of halogens is 2. The van der Waals surface area contributed by atoms with Crippen molar-refractivity contribution in [3.63, 3.8) is 0 Å². The summed E-state index contributed by atoms with van der Waals surface area (Å²) in [4.78, 5) is 34.1. The Hall–Kier alpha value is -2.80. The maximum atomic E-state index is 13.6. The van der Waals surface area contributed by atoms with Crippen LogP contribution in [-0.2, 0) is 19.9 Å². The topological polar surface area (TPSA) is 80.7 Å². The van der Waals surface area contributed by atoms with E-state index in [9.17, 15) is 14.0 Å². The molecule has 8 heteroatoms. The fourth-order valence-corrected chi connectivity index (χ4v) is 3.18. The third-order valence-corrected chi connectivity index (χ3v) is 4.63. The summed E-state index contributed by atoms with van der Waals surface area (Å²) >= 11 is 5.92. The molecule has 0 fully saturated rings. The first-order valence-electron chi connectivity index (χ1n) is 8.31. The fourth-order valence-electron chi connectivity index (χ4n) is 3.00. The van der Waals surface area contributed by atoms with Crippen molar-refractivity contribution in [1.82, 2.24) is 10.3 Å². The number of carbonyl (C=O) groups is 2. The molecule has 1 aliphatic rings. The van der Waals surface area contributed by atoms with E-state index in [-0.39, 0.29) is 17.5 Å². The van der Waals surface area contributed by atoms with E-state index in [4.69, 9.17) is 16.3 Å². The number of aromatic nitrogens is 1. The van der Waals surface area contributed by atoms with Gasteiger partial charge in [-0.15, -0.1) is 0 Å². The Bertz CT molecular complexity index is 920. The van der Waals surface area contributed by atoms with E-state index in [1.54, 1.807) is 38.2 Å². The average Bonchev–Trinajstić information content (AvgIpc) is 2.64. The van der Waals surface area contributed by atoms with Crippen molar-refractivity contribution < 1.29 is 18.7 Å². The second-order valence-electron chi connectivity index (χ2n) is 6.13. The molecule has 27 heavy (non-hydrogen) atoms. The minimum atomic E-state index is -1.35. The number of hydrogen-bond acceptors (Lipinski definition) is 5. The summed E-state index contributed by atoms with van der Waals surface area (Å²) in [5, 5.41) is 2.49. The SMILES string of the molecule is CCOC(=O)C1C(=O)NC(c2ccccn2)=NC1(C)c1ccc(F)c(Cl)c1. The van der Waals surface area contributed by atoms with Gasteiger partial charge in [-0.05, 0) is 43.7 Å². The molecule has 1 N–H and O–H groups in total. The normalized spacial score (nSPS) is 22.0. The molecule has 0 radical (unpaired) electrons. The molecule has 2 unspecified atom stereocenters. The van der Waals surface area contributed by atoms with Gasteiger partial charge in [0.2, 0.25) is 5.91 Å².